The average molecular weight is 387 g/mol. The van der Waals surface area contributed by atoms with E-state index < -0.39 is 17.1 Å². The quantitative estimate of drug-likeness (QED) is 0.538. The van der Waals surface area contributed by atoms with Crippen LogP contribution in [0, 0.1) is 5.92 Å². The van der Waals surface area contributed by atoms with Gasteiger partial charge < -0.3 is 4.74 Å². The number of hydrogen-bond donors (Lipinski definition) is 0. The summed E-state index contributed by atoms with van der Waals surface area (Å²) in [6.45, 7) is 1.85. The molecule has 1 saturated heterocycles. The Morgan fingerprint density at radius 1 is 1.00 bits per heavy atom. The number of carbonyl (C=O) groups is 2. The van der Waals surface area contributed by atoms with E-state index >= 15 is 0 Å². The van der Waals surface area contributed by atoms with Crippen LogP contribution in [0.15, 0.2) is 60.7 Å². The molecule has 2 bridgehead atoms. The minimum atomic E-state index is -1.14. The van der Waals surface area contributed by atoms with Crippen molar-refractivity contribution in [2.75, 3.05) is 0 Å². The molecule has 1 fully saturated rings. The highest BCUT2D eigenvalue weighted by Gasteiger charge is 2.61. The van der Waals surface area contributed by atoms with Crippen LogP contribution in [0.4, 0.5) is 0 Å². The second-order valence-electron chi connectivity index (χ2n) is 6.95. The lowest BCUT2D eigenvalue weighted by Crippen LogP contribution is -2.35. The smallest absolute Gasteiger partial charge is 0.198 e. The van der Waals surface area contributed by atoms with E-state index in [1.165, 1.54) is 0 Å². The van der Waals surface area contributed by atoms with E-state index in [0.29, 0.717) is 27.6 Å². The number of fused-ring (bicyclic) bond motifs is 2. The van der Waals surface area contributed by atoms with Crippen molar-refractivity contribution in [1.29, 1.82) is 0 Å². The van der Waals surface area contributed by atoms with E-state index in [1.54, 1.807) is 36.4 Å². The van der Waals surface area contributed by atoms with Crippen LogP contribution >= 0.6 is 23.2 Å². The maximum Gasteiger partial charge on any atom is 0.198 e. The van der Waals surface area contributed by atoms with Crippen LogP contribution in [0.2, 0.25) is 10.0 Å². The average Bonchev–Trinajstić information content (AvgIpc) is 3.15. The van der Waals surface area contributed by atoms with Gasteiger partial charge in [0, 0.05) is 17.5 Å². The van der Waals surface area contributed by atoms with E-state index in [0.717, 1.165) is 0 Å². The molecular formula is C21H16Cl2O3. The Balaban J connectivity index is 1.67. The van der Waals surface area contributed by atoms with E-state index in [2.05, 4.69) is 0 Å². The van der Waals surface area contributed by atoms with Crippen LogP contribution < -0.4 is 0 Å². The summed E-state index contributed by atoms with van der Waals surface area (Å²) in [5.41, 5.74) is -0.888. The molecule has 3 nitrogen and oxygen atoms in total. The minimum absolute atomic E-state index is 0.0127. The first-order chi connectivity index (χ1) is 12.3. The molecule has 0 radical (unpaired) electrons. The third kappa shape index (κ3) is 2.62. The second-order valence-corrected chi connectivity index (χ2v) is 7.77. The van der Waals surface area contributed by atoms with Gasteiger partial charge in [0.25, 0.3) is 0 Å². The van der Waals surface area contributed by atoms with E-state index in [4.69, 9.17) is 27.9 Å². The molecule has 0 N–H and O–H groups in total. The van der Waals surface area contributed by atoms with Crippen molar-refractivity contribution < 1.29 is 14.3 Å². The van der Waals surface area contributed by atoms with Gasteiger partial charge in [-0.2, -0.15) is 0 Å². The van der Waals surface area contributed by atoms with Gasteiger partial charge in [-0.05, 0) is 31.2 Å². The lowest BCUT2D eigenvalue weighted by Gasteiger charge is -2.24. The van der Waals surface area contributed by atoms with Crippen LogP contribution in [0.5, 0.6) is 0 Å². The van der Waals surface area contributed by atoms with Crippen molar-refractivity contribution >= 4 is 34.8 Å². The number of benzene rings is 2. The fourth-order valence-corrected chi connectivity index (χ4v) is 4.11. The summed E-state index contributed by atoms with van der Waals surface area (Å²) in [6, 6.07) is 13.9. The monoisotopic (exact) mass is 386 g/mol. The summed E-state index contributed by atoms with van der Waals surface area (Å²) in [4.78, 5) is 26.1. The molecule has 2 aliphatic heterocycles. The second kappa shape index (κ2) is 6.05. The summed E-state index contributed by atoms with van der Waals surface area (Å²) in [5.74, 6) is -0.637. The van der Waals surface area contributed by atoms with Crippen molar-refractivity contribution in [1.82, 2.24) is 0 Å². The van der Waals surface area contributed by atoms with Crippen LogP contribution in [-0.4, -0.2) is 22.8 Å². The Kier molecular flexibility index (Phi) is 4.07. The summed E-state index contributed by atoms with van der Waals surface area (Å²) in [5, 5.41) is 0.700. The normalized spacial score (nSPS) is 29.1. The molecular weight excluding hydrogens is 371 g/mol. The van der Waals surface area contributed by atoms with E-state index in [1.807, 2.05) is 31.2 Å². The largest absolute Gasteiger partial charge is 0.352 e. The predicted octanol–water partition coefficient (Wildman–Crippen LogP) is 5.16. The Hall–Kier alpha value is -1.94. The number of carbonyl (C=O) groups excluding carboxylic acids is 2. The van der Waals surface area contributed by atoms with Crippen molar-refractivity contribution in [2.24, 2.45) is 5.92 Å². The van der Waals surface area contributed by atoms with E-state index in [9.17, 15) is 9.59 Å². The zero-order chi connectivity index (χ0) is 18.5. The van der Waals surface area contributed by atoms with Gasteiger partial charge in [-0.15, -0.1) is 0 Å². The molecule has 0 aliphatic carbocycles. The molecule has 4 rings (SSSR count). The van der Waals surface area contributed by atoms with Crippen molar-refractivity contribution in [3.05, 3.63) is 81.9 Å². The van der Waals surface area contributed by atoms with Crippen LogP contribution in [0.3, 0.4) is 0 Å². The standard InChI is InChI=1S/C21H16Cl2O3/c1-20-9-10-21(26-20,19(25)14-7-8-16(22)17(23)11-14)12-15(20)18(24)13-5-3-2-4-6-13/h2-11,15H,12H2,1H3. The molecule has 3 atom stereocenters. The topological polar surface area (TPSA) is 43.4 Å². The minimum Gasteiger partial charge on any atom is -0.352 e. The first kappa shape index (κ1) is 17.5. The summed E-state index contributed by atoms with van der Waals surface area (Å²) < 4.78 is 6.13. The highest BCUT2D eigenvalue weighted by Crippen LogP contribution is 2.51. The molecule has 0 amide bonds. The first-order valence-corrected chi connectivity index (χ1v) is 9.10. The third-order valence-corrected chi connectivity index (χ3v) is 5.96. The van der Waals surface area contributed by atoms with Crippen LogP contribution in [-0.2, 0) is 4.74 Å². The molecule has 3 unspecified atom stereocenters. The highest BCUT2D eigenvalue weighted by atomic mass is 35.5. The molecule has 2 aliphatic rings. The van der Waals surface area contributed by atoms with Crippen LogP contribution in [0.1, 0.15) is 34.1 Å². The Labute approximate surface area is 161 Å². The van der Waals surface area contributed by atoms with Crippen LogP contribution in [0.25, 0.3) is 0 Å². The SMILES string of the molecule is CC12C=CC(C(=O)c3ccc(Cl)c(Cl)c3)(CC1C(=O)c1ccccc1)O2. The summed E-state index contributed by atoms with van der Waals surface area (Å²) >= 11 is 12.0. The zero-order valence-corrected chi connectivity index (χ0v) is 15.6. The van der Waals surface area contributed by atoms with E-state index in [-0.39, 0.29) is 11.6 Å². The number of rotatable bonds is 4. The number of ketones is 2. The Bertz CT molecular complexity index is 938. The first-order valence-electron chi connectivity index (χ1n) is 8.34. The molecule has 5 heteroatoms. The third-order valence-electron chi connectivity index (χ3n) is 5.23. The maximum atomic E-state index is 13.1. The van der Waals surface area contributed by atoms with Crippen molar-refractivity contribution in [2.45, 2.75) is 24.5 Å². The van der Waals surface area contributed by atoms with Gasteiger partial charge >= 0.3 is 0 Å². The lowest BCUT2D eigenvalue weighted by atomic mass is 9.74. The molecule has 0 saturated carbocycles. The molecule has 2 aromatic rings. The van der Waals surface area contributed by atoms with Gasteiger partial charge in [0.2, 0.25) is 0 Å². The van der Waals surface area contributed by atoms with Gasteiger partial charge in [0.1, 0.15) is 0 Å². The number of halogens is 2. The fraction of sp³-hybridized carbons (Fsp3) is 0.238. The van der Waals surface area contributed by atoms with Crippen molar-refractivity contribution in [3.8, 4) is 0 Å². The summed E-state index contributed by atoms with van der Waals surface area (Å²) in [6.07, 6.45) is 3.91. The maximum absolute atomic E-state index is 13.1. The van der Waals surface area contributed by atoms with Crippen molar-refractivity contribution in [3.63, 3.8) is 0 Å². The molecule has 2 heterocycles. The van der Waals surface area contributed by atoms with Gasteiger partial charge in [0.15, 0.2) is 17.2 Å². The number of Topliss-reactive ketones (excluding diaryl/α,β-unsaturated/α-hetero) is 2. The zero-order valence-electron chi connectivity index (χ0n) is 14.0. The van der Waals surface area contributed by atoms with Gasteiger partial charge in [-0.25, -0.2) is 0 Å². The highest BCUT2D eigenvalue weighted by molar-refractivity contribution is 6.42. The lowest BCUT2D eigenvalue weighted by molar-refractivity contribution is -0.0173. The predicted molar refractivity (Wildman–Crippen MR) is 101 cm³/mol. The Morgan fingerprint density at radius 2 is 1.73 bits per heavy atom. The number of hydrogen-bond acceptors (Lipinski definition) is 3. The van der Waals surface area contributed by atoms with Gasteiger partial charge in [-0.3, -0.25) is 9.59 Å². The Morgan fingerprint density at radius 3 is 2.42 bits per heavy atom. The summed E-state index contributed by atoms with van der Waals surface area (Å²) in [7, 11) is 0. The molecule has 26 heavy (non-hydrogen) atoms. The molecule has 132 valence electrons. The fourth-order valence-electron chi connectivity index (χ4n) is 3.82. The molecule has 0 spiro atoms. The molecule has 2 aromatic carbocycles. The van der Waals surface area contributed by atoms with Gasteiger partial charge in [-0.1, -0.05) is 59.6 Å². The molecule has 0 aromatic heterocycles. The number of ether oxygens (including phenoxy) is 1. The van der Waals surface area contributed by atoms with Gasteiger partial charge in [0.05, 0.1) is 21.6 Å².